The molecule has 1 heterocycles. The largest absolute Gasteiger partial charge is 0.452 e. The number of rotatable bonds is 6. The molecule has 1 atom stereocenters. The number of ether oxygens (including phenoxy) is 1. The number of hydrogen-bond acceptors (Lipinski definition) is 5. The average Bonchev–Trinajstić information content (AvgIpc) is 2.92. The summed E-state index contributed by atoms with van der Waals surface area (Å²) in [4.78, 5) is 50.2. The molecule has 1 aliphatic heterocycles. The smallest absolute Gasteiger partial charge is 0.308 e. The molecule has 0 radical (unpaired) electrons. The Labute approximate surface area is 182 Å². The number of amides is 3. The zero-order chi connectivity index (χ0) is 22.0. The van der Waals surface area contributed by atoms with E-state index in [1.165, 1.54) is 19.1 Å². The van der Waals surface area contributed by atoms with Crippen LogP contribution in [0.25, 0.3) is 0 Å². The van der Waals surface area contributed by atoms with Gasteiger partial charge in [-0.3, -0.25) is 24.1 Å². The van der Waals surface area contributed by atoms with Gasteiger partial charge in [0.25, 0.3) is 17.7 Å². The van der Waals surface area contributed by atoms with Gasteiger partial charge in [0.15, 0.2) is 6.10 Å². The third kappa shape index (κ3) is 4.63. The first kappa shape index (κ1) is 21.8. The lowest BCUT2D eigenvalue weighted by molar-refractivity contribution is -0.153. The standard InChI is InChI=1S/C21H18Cl2N2O5/c1-11-3-5-14-15(9-11)21(29)25(20(14)28)8-7-18(26)30-12(2)19(27)24-17-6-4-13(22)10-16(17)23/h3-6,9-10,12H,7-8H2,1-2H3,(H,24,27). The van der Waals surface area contributed by atoms with Gasteiger partial charge in [0.05, 0.1) is 28.3 Å². The van der Waals surface area contributed by atoms with E-state index in [9.17, 15) is 19.2 Å². The first-order chi connectivity index (χ1) is 14.2. The van der Waals surface area contributed by atoms with Gasteiger partial charge in [0, 0.05) is 11.6 Å². The summed E-state index contributed by atoms with van der Waals surface area (Å²) in [6.45, 7) is 3.09. The molecule has 0 aliphatic carbocycles. The maximum Gasteiger partial charge on any atom is 0.308 e. The van der Waals surface area contributed by atoms with Crippen molar-refractivity contribution in [2.75, 3.05) is 11.9 Å². The summed E-state index contributed by atoms with van der Waals surface area (Å²) in [6.07, 6.45) is -1.34. The third-order valence-electron chi connectivity index (χ3n) is 4.53. The lowest BCUT2D eigenvalue weighted by Crippen LogP contribution is -2.34. The number of esters is 1. The highest BCUT2D eigenvalue weighted by atomic mass is 35.5. The molecule has 1 unspecified atom stereocenters. The number of hydrogen-bond donors (Lipinski definition) is 1. The molecule has 0 saturated carbocycles. The molecule has 1 aliphatic rings. The lowest BCUT2D eigenvalue weighted by Gasteiger charge is -2.16. The van der Waals surface area contributed by atoms with E-state index in [1.54, 1.807) is 24.3 Å². The van der Waals surface area contributed by atoms with Gasteiger partial charge >= 0.3 is 5.97 Å². The van der Waals surface area contributed by atoms with Gasteiger partial charge in [-0.1, -0.05) is 34.8 Å². The Kier molecular flexibility index (Phi) is 6.43. The second-order valence-corrected chi connectivity index (χ2v) is 7.65. The van der Waals surface area contributed by atoms with Crippen molar-refractivity contribution in [2.45, 2.75) is 26.4 Å². The van der Waals surface area contributed by atoms with Crippen LogP contribution in [0, 0.1) is 6.92 Å². The van der Waals surface area contributed by atoms with Gasteiger partial charge in [-0.05, 0) is 44.2 Å². The number of fused-ring (bicyclic) bond motifs is 1. The fourth-order valence-corrected chi connectivity index (χ4v) is 3.40. The van der Waals surface area contributed by atoms with Crippen LogP contribution in [0.1, 0.15) is 39.6 Å². The van der Waals surface area contributed by atoms with Crippen LogP contribution >= 0.6 is 23.2 Å². The van der Waals surface area contributed by atoms with E-state index < -0.39 is 29.8 Å². The van der Waals surface area contributed by atoms with E-state index in [1.807, 2.05) is 6.92 Å². The summed E-state index contributed by atoms with van der Waals surface area (Å²) in [5.41, 5.74) is 1.82. The van der Waals surface area contributed by atoms with Crippen molar-refractivity contribution >= 4 is 52.6 Å². The normalized spacial score (nSPS) is 13.8. The maximum atomic E-state index is 12.4. The predicted molar refractivity (Wildman–Crippen MR) is 112 cm³/mol. The number of nitrogens with zero attached hydrogens (tertiary/aromatic N) is 1. The summed E-state index contributed by atoms with van der Waals surface area (Å²) in [5, 5.41) is 3.21. The minimum absolute atomic E-state index is 0.137. The number of benzene rings is 2. The Morgan fingerprint density at radius 3 is 2.47 bits per heavy atom. The van der Waals surface area contributed by atoms with Crippen LogP contribution in [0.4, 0.5) is 5.69 Å². The van der Waals surface area contributed by atoms with Crippen LogP contribution in [0.3, 0.4) is 0 Å². The zero-order valence-corrected chi connectivity index (χ0v) is 17.7. The molecule has 1 N–H and O–H groups in total. The summed E-state index contributed by atoms with van der Waals surface area (Å²) in [7, 11) is 0. The molecule has 3 amide bonds. The molecule has 0 fully saturated rings. The fourth-order valence-electron chi connectivity index (χ4n) is 2.95. The summed E-state index contributed by atoms with van der Waals surface area (Å²) >= 11 is 11.8. The molecule has 3 rings (SSSR count). The number of halogens is 2. The molecule has 2 aromatic carbocycles. The van der Waals surface area contributed by atoms with Gasteiger partial charge in [-0.25, -0.2) is 0 Å². The van der Waals surface area contributed by atoms with Crippen molar-refractivity contribution in [1.82, 2.24) is 4.90 Å². The second kappa shape index (κ2) is 8.85. The first-order valence-corrected chi connectivity index (χ1v) is 9.85. The van der Waals surface area contributed by atoms with Crippen LogP contribution in [-0.2, 0) is 14.3 Å². The van der Waals surface area contributed by atoms with Crippen molar-refractivity contribution in [2.24, 2.45) is 0 Å². The molecule has 0 saturated heterocycles. The molecule has 0 bridgehead atoms. The first-order valence-electron chi connectivity index (χ1n) is 9.09. The number of nitrogens with one attached hydrogen (secondary N) is 1. The molecule has 9 heteroatoms. The monoisotopic (exact) mass is 448 g/mol. The van der Waals surface area contributed by atoms with Crippen LogP contribution in [0.15, 0.2) is 36.4 Å². The molecule has 2 aromatic rings. The Bertz CT molecular complexity index is 1050. The van der Waals surface area contributed by atoms with Gasteiger partial charge in [0.1, 0.15) is 0 Å². The van der Waals surface area contributed by atoms with Crippen molar-refractivity contribution < 1.29 is 23.9 Å². The molecule has 0 spiro atoms. The molecule has 156 valence electrons. The van der Waals surface area contributed by atoms with Gasteiger partial charge < -0.3 is 10.1 Å². The summed E-state index contributed by atoms with van der Waals surface area (Å²) < 4.78 is 5.11. The highest BCUT2D eigenvalue weighted by Gasteiger charge is 2.35. The van der Waals surface area contributed by atoms with E-state index in [0.717, 1.165) is 10.5 Å². The average molecular weight is 449 g/mol. The quantitative estimate of drug-likeness (QED) is 0.534. The van der Waals surface area contributed by atoms with Crippen LogP contribution in [-0.4, -0.2) is 41.2 Å². The minimum Gasteiger partial charge on any atom is -0.452 e. The molecule has 30 heavy (non-hydrogen) atoms. The van der Waals surface area contributed by atoms with Crippen LogP contribution < -0.4 is 5.32 Å². The summed E-state index contributed by atoms with van der Waals surface area (Å²) in [6, 6.07) is 9.54. The Morgan fingerprint density at radius 1 is 1.07 bits per heavy atom. The van der Waals surface area contributed by atoms with Crippen LogP contribution in [0.2, 0.25) is 10.0 Å². The number of carbonyl (C=O) groups is 4. The number of anilines is 1. The van der Waals surface area contributed by atoms with Crippen molar-refractivity contribution in [3.8, 4) is 0 Å². The SMILES string of the molecule is Cc1ccc2c(c1)C(=O)N(CCC(=O)OC(C)C(=O)Nc1ccc(Cl)cc1Cl)C2=O. The highest BCUT2D eigenvalue weighted by molar-refractivity contribution is 6.36. The van der Waals surface area contributed by atoms with Crippen molar-refractivity contribution in [3.63, 3.8) is 0 Å². The van der Waals surface area contributed by atoms with E-state index in [0.29, 0.717) is 21.8 Å². The molecular weight excluding hydrogens is 431 g/mol. The maximum absolute atomic E-state index is 12.4. The van der Waals surface area contributed by atoms with Gasteiger partial charge in [-0.2, -0.15) is 0 Å². The molecule has 0 aromatic heterocycles. The molecule has 7 nitrogen and oxygen atoms in total. The third-order valence-corrected chi connectivity index (χ3v) is 5.08. The zero-order valence-electron chi connectivity index (χ0n) is 16.2. The van der Waals surface area contributed by atoms with E-state index in [2.05, 4.69) is 5.32 Å². The number of aryl methyl sites for hydroxylation is 1. The van der Waals surface area contributed by atoms with Crippen molar-refractivity contribution in [3.05, 3.63) is 63.1 Å². The Morgan fingerprint density at radius 2 is 1.77 bits per heavy atom. The Balaban J connectivity index is 1.54. The number of imide groups is 1. The highest BCUT2D eigenvalue weighted by Crippen LogP contribution is 2.26. The summed E-state index contributed by atoms with van der Waals surface area (Å²) in [5.74, 6) is -2.20. The van der Waals surface area contributed by atoms with Gasteiger partial charge in [0.2, 0.25) is 0 Å². The minimum atomic E-state index is -1.10. The van der Waals surface area contributed by atoms with E-state index in [-0.39, 0.29) is 18.0 Å². The fraction of sp³-hybridized carbons (Fsp3) is 0.238. The van der Waals surface area contributed by atoms with E-state index in [4.69, 9.17) is 27.9 Å². The Hall–Kier alpha value is -2.90. The van der Waals surface area contributed by atoms with Crippen LogP contribution in [0.5, 0.6) is 0 Å². The lowest BCUT2D eigenvalue weighted by atomic mass is 10.1. The van der Waals surface area contributed by atoms with Gasteiger partial charge in [-0.15, -0.1) is 0 Å². The molecular formula is C21H18Cl2N2O5. The predicted octanol–water partition coefficient (Wildman–Crippen LogP) is 3.86. The van der Waals surface area contributed by atoms with E-state index >= 15 is 0 Å². The topological polar surface area (TPSA) is 92.8 Å². The second-order valence-electron chi connectivity index (χ2n) is 6.81. The van der Waals surface area contributed by atoms with Crippen molar-refractivity contribution in [1.29, 1.82) is 0 Å². The number of carbonyl (C=O) groups excluding carboxylic acids is 4.